The molecule has 0 aliphatic heterocycles. The van der Waals surface area contributed by atoms with E-state index in [0.29, 0.717) is 5.69 Å². The minimum atomic E-state index is -1.06. The number of carbonyl (C=O) groups excluding carboxylic acids is 1. The predicted octanol–water partition coefficient (Wildman–Crippen LogP) is -0.0375. The summed E-state index contributed by atoms with van der Waals surface area (Å²) >= 11 is 0. The monoisotopic (exact) mass is 240 g/mol. The predicted molar refractivity (Wildman–Crippen MR) is 59.5 cm³/mol. The zero-order chi connectivity index (χ0) is 13.2. The first-order valence-electron chi connectivity index (χ1n) is 5.24. The molecule has 0 unspecified atom stereocenters. The van der Waals surface area contributed by atoms with Gasteiger partial charge in [-0.05, 0) is 12.8 Å². The molecule has 0 fully saturated rings. The number of amides is 1. The van der Waals surface area contributed by atoms with E-state index in [1.54, 1.807) is 27.8 Å². The highest BCUT2D eigenvalue weighted by atomic mass is 16.4. The molecule has 0 aromatic carbocycles. The SMILES string of the molecule is Cc1c(C(=O)N[C@H](C(=O)O)C(C)C)nnn1C. The molecular formula is C10H16N4O3. The number of rotatable bonds is 4. The van der Waals surface area contributed by atoms with Crippen molar-refractivity contribution in [1.29, 1.82) is 0 Å². The fourth-order valence-electron chi connectivity index (χ4n) is 1.34. The Labute approximate surface area is 98.8 Å². The lowest BCUT2D eigenvalue weighted by atomic mass is 10.0. The Kier molecular flexibility index (Phi) is 3.82. The molecule has 1 heterocycles. The summed E-state index contributed by atoms with van der Waals surface area (Å²) in [5.74, 6) is -1.78. The van der Waals surface area contributed by atoms with Crippen molar-refractivity contribution in [1.82, 2.24) is 20.3 Å². The first kappa shape index (κ1) is 13.1. The van der Waals surface area contributed by atoms with E-state index in [-0.39, 0.29) is 11.6 Å². The van der Waals surface area contributed by atoms with Gasteiger partial charge in [-0.2, -0.15) is 0 Å². The summed E-state index contributed by atoms with van der Waals surface area (Å²) in [6.45, 7) is 5.14. The summed E-state index contributed by atoms with van der Waals surface area (Å²) in [5, 5.41) is 18.8. The maximum atomic E-state index is 11.8. The zero-order valence-electron chi connectivity index (χ0n) is 10.3. The standard InChI is InChI=1S/C10H16N4O3/c1-5(2)7(10(16)17)11-9(15)8-6(3)14(4)13-12-8/h5,7H,1-4H3,(H,11,15)(H,16,17)/t7-/m0/s1. The van der Waals surface area contributed by atoms with E-state index in [9.17, 15) is 9.59 Å². The van der Waals surface area contributed by atoms with Crippen molar-refractivity contribution in [3.63, 3.8) is 0 Å². The van der Waals surface area contributed by atoms with Crippen LogP contribution in [0.1, 0.15) is 30.0 Å². The smallest absolute Gasteiger partial charge is 0.326 e. The topological polar surface area (TPSA) is 97.1 Å². The van der Waals surface area contributed by atoms with Gasteiger partial charge in [-0.25, -0.2) is 4.79 Å². The second-order valence-corrected chi connectivity index (χ2v) is 4.18. The first-order valence-corrected chi connectivity index (χ1v) is 5.24. The first-order chi connectivity index (χ1) is 7.84. The lowest BCUT2D eigenvalue weighted by Gasteiger charge is -2.17. The fraction of sp³-hybridized carbons (Fsp3) is 0.600. The summed E-state index contributed by atoms with van der Waals surface area (Å²) in [7, 11) is 1.66. The highest BCUT2D eigenvalue weighted by molar-refractivity contribution is 5.95. The van der Waals surface area contributed by atoms with Gasteiger partial charge in [0.25, 0.3) is 5.91 Å². The van der Waals surface area contributed by atoms with Gasteiger partial charge in [0, 0.05) is 7.05 Å². The van der Waals surface area contributed by atoms with Crippen LogP contribution in [0.25, 0.3) is 0 Å². The third-order valence-electron chi connectivity index (χ3n) is 2.54. The molecule has 1 amide bonds. The van der Waals surface area contributed by atoms with Crippen LogP contribution in [0.3, 0.4) is 0 Å². The minimum Gasteiger partial charge on any atom is -0.480 e. The van der Waals surface area contributed by atoms with Crippen LogP contribution in [0.5, 0.6) is 0 Å². The Balaban J connectivity index is 2.85. The molecule has 1 rings (SSSR count). The third-order valence-corrected chi connectivity index (χ3v) is 2.54. The van der Waals surface area contributed by atoms with Crippen LogP contribution < -0.4 is 5.32 Å². The average Bonchev–Trinajstić information content (AvgIpc) is 2.55. The molecule has 7 nitrogen and oxygen atoms in total. The van der Waals surface area contributed by atoms with Crippen molar-refractivity contribution in [2.24, 2.45) is 13.0 Å². The van der Waals surface area contributed by atoms with Gasteiger partial charge in [-0.1, -0.05) is 19.1 Å². The molecule has 94 valence electrons. The number of hydrogen-bond donors (Lipinski definition) is 2. The van der Waals surface area contributed by atoms with Gasteiger partial charge >= 0.3 is 5.97 Å². The summed E-state index contributed by atoms with van der Waals surface area (Å²) in [6, 6.07) is -0.927. The highest BCUT2D eigenvalue weighted by Crippen LogP contribution is 2.06. The van der Waals surface area contributed by atoms with E-state index < -0.39 is 17.9 Å². The summed E-state index contributed by atoms with van der Waals surface area (Å²) in [5.41, 5.74) is 0.745. The average molecular weight is 240 g/mol. The molecule has 1 aromatic heterocycles. The molecule has 0 bridgehead atoms. The van der Waals surface area contributed by atoms with Gasteiger partial charge in [0.2, 0.25) is 0 Å². The van der Waals surface area contributed by atoms with E-state index in [0.717, 1.165) is 0 Å². The number of carbonyl (C=O) groups is 2. The Hall–Kier alpha value is -1.92. The van der Waals surface area contributed by atoms with Gasteiger partial charge in [-0.3, -0.25) is 9.48 Å². The maximum Gasteiger partial charge on any atom is 0.326 e. The van der Waals surface area contributed by atoms with Crippen molar-refractivity contribution in [2.45, 2.75) is 26.8 Å². The van der Waals surface area contributed by atoms with Crippen LogP contribution in [-0.4, -0.2) is 38.0 Å². The van der Waals surface area contributed by atoms with Crippen molar-refractivity contribution in [3.8, 4) is 0 Å². The summed E-state index contributed by atoms with van der Waals surface area (Å²) in [6.07, 6.45) is 0. The van der Waals surface area contributed by atoms with Gasteiger partial charge in [0.05, 0.1) is 5.69 Å². The Bertz CT molecular complexity index is 439. The summed E-state index contributed by atoms with van der Waals surface area (Å²) in [4.78, 5) is 22.7. The van der Waals surface area contributed by atoms with Crippen molar-refractivity contribution < 1.29 is 14.7 Å². The lowest BCUT2D eigenvalue weighted by molar-refractivity contribution is -0.140. The zero-order valence-corrected chi connectivity index (χ0v) is 10.3. The van der Waals surface area contributed by atoms with Crippen LogP contribution in [0.15, 0.2) is 0 Å². The van der Waals surface area contributed by atoms with Crippen molar-refractivity contribution in [2.75, 3.05) is 0 Å². The van der Waals surface area contributed by atoms with E-state index in [1.807, 2.05) is 0 Å². The number of nitrogens with zero attached hydrogens (tertiary/aromatic N) is 3. The lowest BCUT2D eigenvalue weighted by Crippen LogP contribution is -2.44. The number of aliphatic carboxylic acids is 1. The Morgan fingerprint density at radius 2 is 2.00 bits per heavy atom. The minimum absolute atomic E-state index is 0.152. The van der Waals surface area contributed by atoms with Crippen LogP contribution >= 0.6 is 0 Å². The van der Waals surface area contributed by atoms with Crippen molar-refractivity contribution in [3.05, 3.63) is 11.4 Å². The fourth-order valence-corrected chi connectivity index (χ4v) is 1.34. The molecule has 0 saturated heterocycles. The van der Waals surface area contributed by atoms with Crippen molar-refractivity contribution >= 4 is 11.9 Å². The van der Waals surface area contributed by atoms with E-state index in [4.69, 9.17) is 5.11 Å². The molecule has 1 atom stereocenters. The Morgan fingerprint density at radius 1 is 1.41 bits per heavy atom. The normalized spacial score (nSPS) is 12.5. The number of carboxylic acid groups (broad SMARTS) is 1. The van der Waals surface area contributed by atoms with Crippen LogP contribution in [-0.2, 0) is 11.8 Å². The van der Waals surface area contributed by atoms with E-state index in [2.05, 4.69) is 15.6 Å². The number of aryl methyl sites for hydroxylation is 1. The number of aromatic nitrogens is 3. The Morgan fingerprint density at radius 3 is 2.35 bits per heavy atom. The number of carboxylic acids is 1. The van der Waals surface area contributed by atoms with Crippen LogP contribution in [0.2, 0.25) is 0 Å². The summed E-state index contributed by atoms with van der Waals surface area (Å²) < 4.78 is 1.46. The molecule has 17 heavy (non-hydrogen) atoms. The highest BCUT2D eigenvalue weighted by Gasteiger charge is 2.26. The van der Waals surface area contributed by atoms with Crippen LogP contribution in [0.4, 0.5) is 0 Å². The molecule has 0 saturated carbocycles. The molecule has 0 aliphatic carbocycles. The molecule has 0 aliphatic rings. The van der Waals surface area contributed by atoms with E-state index >= 15 is 0 Å². The molecule has 1 aromatic rings. The molecule has 0 spiro atoms. The van der Waals surface area contributed by atoms with Gasteiger partial charge < -0.3 is 10.4 Å². The van der Waals surface area contributed by atoms with E-state index in [1.165, 1.54) is 4.68 Å². The molecule has 2 N–H and O–H groups in total. The second kappa shape index (κ2) is 4.94. The third kappa shape index (κ3) is 2.80. The molecule has 7 heteroatoms. The maximum absolute atomic E-state index is 11.8. The molecular weight excluding hydrogens is 224 g/mol. The molecule has 0 radical (unpaired) electrons. The van der Waals surface area contributed by atoms with Gasteiger partial charge in [0.15, 0.2) is 5.69 Å². The van der Waals surface area contributed by atoms with Gasteiger partial charge in [0.1, 0.15) is 6.04 Å². The second-order valence-electron chi connectivity index (χ2n) is 4.18. The largest absolute Gasteiger partial charge is 0.480 e. The van der Waals surface area contributed by atoms with Crippen LogP contribution in [0, 0.1) is 12.8 Å². The quantitative estimate of drug-likeness (QED) is 0.769. The van der Waals surface area contributed by atoms with Gasteiger partial charge in [-0.15, -0.1) is 5.10 Å². The number of hydrogen-bond acceptors (Lipinski definition) is 4. The number of nitrogens with one attached hydrogen (secondary N) is 1.